The quantitative estimate of drug-likeness (QED) is 0.720. The molecule has 2 unspecified atom stereocenters. The third kappa shape index (κ3) is 5.35. The van der Waals surface area contributed by atoms with Gasteiger partial charge in [-0.05, 0) is 68.1 Å². The predicted molar refractivity (Wildman–Crippen MR) is 110 cm³/mol. The van der Waals surface area contributed by atoms with E-state index in [1.807, 2.05) is 32.0 Å². The number of nitrogens with zero attached hydrogens (tertiary/aromatic N) is 1. The predicted octanol–water partition coefficient (Wildman–Crippen LogP) is 3.43. The average molecular weight is 420 g/mol. The number of aryl methyl sites for hydroxylation is 2. The molecule has 2 aromatic carbocycles. The number of carbonyl (C=O) groups is 1. The standard InChI is InChI=1S/C22H26FNO4S/c1-15-4-9-21(12-16(15)2)28-17(3)22(25)24(20-10-11-29(26,27)14-20)13-18-5-7-19(23)8-6-18/h4-9,12,17,20H,10-11,13-14H2,1-3H3. The molecule has 7 heteroatoms. The topological polar surface area (TPSA) is 63.7 Å². The molecule has 5 nitrogen and oxygen atoms in total. The van der Waals surface area contributed by atoms with E-state index in [1.165, 1.54) is 12.1 Å². The highest BCUT2D eigenvalue weighted by atomic mass is 32.2. The maximum absolute atomic E-state index is 13.2. The molecule has 0 radical (unpaired) electrons. The summed E-state index contributed by atoms with van der Waals surface area (Å²) in [5.74, 6) is -0.0426. The summed E-state index contributed by atoms with van der Waals surface area (Å²) in [6.07, 6.45) is -0.383. The van der Waals surface area contributed by atoms with Crippen LogP contribution in [0.5, 0.6) is 5.75 Å². The van der Waals surface area contributed by atoms with Crippen molar-refractivity contribution in [3.63, 3.8) is 0 Å². The molecule has 0 spiro atoms. The maximum Gasteiger partial charge on any atom is 0.263 e. The van der Waals surface area contributed by atoms with Crippen molar-refractivity contribution in [3.8, 4) is 5.75 Å². The Morgan fingerprint density at radius 1 is 1.17 bits per heavy atom. The van der Waals surface area contributed by atoms with Gasteiger partial charge in [0.2, 0.25) is 0 Å². The fourth-order valence-electron chi connectivity index (χ4n) is 3.47. The van der Waals surface area contributed by atoms with Gasteiger partial charge in [-0.25, -0.2) is 12.8 Å². The summed E-state index contributed by atoms with van der Waals surface area (Å²) < 4.78 is 43.1. The van der Waals surface area contributed by atoms with E-state index in [9.17, 15) is 17.6 Å². The van der Waals surface area contributed by atoms with Crippen LogP contribution in [0.3, 0.4) is 0 Å². The smallest absolute Gasteiger partial charge is 0.263 e. The van der Waals surface area contributed by atoms with E-state index in [0.29, 0.717) is 12.2 Å². The third-order valence-corrected chi connectivity index (χ3v) is 7.09. The van der Waals surface area contributed by atoms with Crippen LogP contribution in [0.1, 0.15) is 30.0 Å². The van der Waals surface area contributed by atoms with Gasteiger partial charge in [-0.15, -0.1) is 0 Å². The lowest BCUT2D eigenvalue weighted by atomic mass is 10.1. The number of halogens is 1. The minimum atomic E-state index is -3.16. The summed E-state index contributed by atoms with van der Waals surface area (Å²) in [5.41, 5.74) is 2.93. The first-order chi connectivity index (χ1) is 13.6. The second kappa shape index (κ2) is 8.53. The summed E-state index contributed by atoms with van der Waals surface area (Å²) in [6, 6.07) is 11.1. The first-order valence-corrected chi connectivity index (χ1v) is 11.5. The number of amides is 1. The summed E-state index contributed by atoms with van der Waals surface area (Å²) in [5, 5.41) is 0. The van der Waals surface area contributed by atoms with Gasteiger partial charge in [-0.1, -0.05) is 18.2 Å². The van der Waals surface area contributed by atoms with E-state index in [-0.39, 0.29) is 29.8 Å². The molecule has 0 N–H and O–H groups in total. The highest BCUT2D eigenvalue weighted by Crippen LogP contribution is 2.23. The van der Waals surface area contributed by atoms with Gasteiger partial charge in [0.05, 0.1) is 11.5 Å². The maximum atomic E-state index is 13.2. The minimum absolute atomic E-state index is 0.0592. The Labute approximate surface area is 171 Å². The number of benzene rings is 2. The summed E-state index contributed by atoms with van der Waals surface area (Å²) >= 11 is 0. The average Bonchev–Trinajstić information content (AvgIpc) is 3.03. The van der Waals surface area contributed by atoms with Crippen molar-refractivity contribution in [2.75, 3.05) is 11.5 Å². The minimum Gasteiger partial charge on any atom is -0.481 e. The highest BCUT2D eigenvalue weighted by molar-refractivity contribution is 7.91. The number of rotatable bonds is 6. The number of sulfone groups is 1. The number of carbonyl (C=O) groups excluding carboxylic acids is 1. The molecule has 1 amide bonds. The van der Waals surface area contributed by atoms with Gasteiger partial charge in [0.15, 0.2) is 15.9 Å². The molecule has 1 aliphatic rings. The van der Waals surface area contributed by atoms with Gasteiger partial charge in [0.1, 0.15) is 11.6 Å². The molecule has 0 saturated carbocycles. The molecule has 156 valence electrons. The highest BCUT2D eigenvalue weighted by Gasteiger charge is 2.36. The molecule has 0 bridgehead atoms. The van der Waals surface area contributed by atoms with Crippen LogP contribution in [0.4, 0.5) is 4.39 Å². The molecule has 2 atom stereocenters. The molecule has 0 aliphatic carbocycles. The van der Waals surface area contributed by atoms with E-state index >= 15 is 0 Å². The van der Waals surface area contributed by atoms with Crippen molar-refractivity contribution in [1.82, 2.24) is 4.90 Å². The monoisotopic (exact) mass is 419 g/mol. The summed E-state index contributed by atoms with van der Waals surface area (Å²) in [4.78, 5) is 14.8. The lowest BCUT2D eigenvalue weighted by Crippen LogP contribution is -2.46. The lowest BCUT2D eigenvalue weighted by molar-refractivity contribution is -0.140. The molecule has 3 rings (SSSR count). The van der Waals surface area contributed by atoms with E-state index in [4.69, 9.17) is 4.74 Å². The molecule has 29 heavy (non-hydrogen) atoms. The third-order valence-electron chi connectivity index (χ3n) is 5.34. The summed E-state index contributed by atoms with van der Waals surface area (Å²) in [7, 11) is -3.16. The van der Waals surface area contributed by atoms with E-state index in [2.05, 4.69) is 0 Å². The second-order valence-corrected chi connectivity index (χ2v) is 9.88. The van der Waals surface area contributed by atoms with E-state index in [0.717, 1.165) is 16.7 Å². The first-order valence-electron chi connectivity index (χ1n) is 9.64. The molecule has 0 aromatic heterocycles. The normalized spacial score (nSPS) is 19.0. The van der Waals surface area contributed by atoms with Crippen LogP contribution in [0.2, 0.25) is 0 Å². The molecule has 1 heterocycles. The van der Waals surface area contributed by atoms with Crippen LogP contribution >= 0.6 is 0 Å². The molecule has 1 aliphatic heterocycles. The number of hydrogen-bond donors (Lipinski definition) is 0. The molecular weight excluding hydrogens is 393 g/mol. The van der Waals surface area contributed by atoms with Gasteiger partial charge >= 0.3 is 0 Å². The Balaban J connectivity index is 1.80. The van der Waals surface area contributed by atoms with Crippen LogP contribution in [-0.4, -0.2) is 42.9 Å². The van der Waals surface area contributed by atoms with Crippen molar-refractivity contribution < 1.29 is 22.3 Å². The fourth-order valence-corrected chi connectivity index (χ4v) is 5.20. The number of hydrogen-bond acceptors (Lipinski definition) is 4. The van der Waals surface area contributed by atoms with Crippen LogP contribution in [0.15, 0.2) is 42.5 Å². The van der Waals surface area contributed by atoms with Crippen molar-refractivity contribution in [3.05, 3.63) is 65.0 Å². The van der Waals surface area contributed by atoms with Crippen molar-refractivity contribution >= 4 is 15.7 Å². The second-order valence-electron chi connectivity index (χ2n) is 7.66. The Bertz CT molecular complexity index is 988. The SMILES string of the molecule is Cc1ccc(OC(C)C(=O)N(Cc2ccc(F)cc2)C2CCS(=O)(=O)C2)cc1C. The Hall–Kier alpha value is -2.41. The van der Waals surface area contributed by atoms with Gasteiger partial charge in [0.25, 0.3) is 5.91 Å². The van der Waals surface area contributed by atoms with Crippen LogP contribution in [0.25, 0.3) is 0 Å². The Morgan fingerprint density at radius 2 is 1.86 bits per heavy atom. The van der Waals surface area contributed by atoms with Crippen molar-refractivity contribution in [2.45, 2.75) is 45.9 Å². The zero-order chi connectivity index (χ0) is 21.2. The van der Waals surface area contributed by atoms with Gasteiger partial charge in [-0.2, -0.15) is 0 Å². The molecule has 2 aromatic rings. The molecule has 1 fully saturated rings. The van der Waals surface area contributed by atoms with E-state index in [1.54, 1.807) is 24.0 Å². The lowest BCUT2D eigenvalue weighted by Gasteiger charge is -2.31. The largest absolute Gasteiger partial charge is 0.481 e. The summed E-state index contributed by atoms with van der Waals surface area (Å²) in [6.45, 7) is 5.84. The zero-order valence-corrected chi connectivity index (χ0v) is 17.7. The van der Waals surface area contributed by atoms with Gasteiger partial charge in [0, 0.05) is 12.6 Å². The molecular formula is C22H26FNO4S. The van der Waals surface area contributed by atoms with Crippen LogP contribution in [0, 0.1) is 19.7 Å². The van der Waals surface area contributed by atoms with Crippen molar-refractivity contribution in [2.24, 2.45) is 0 Å². The molecule has 1 saturated heterocycles. The van der Waals surface area contributed by atoms with Crippen molar-refractivity contribution in [1.29, 1.82) is 0 Å². The van der Waals surface area contributed by atoms with E-state index < -0.39 is 22.0 Å². The van der Waals surface area contributed by atoms with Gasteiger partial charge < -0.3 is 9.64 Å². The number of ether oxygens (including phenoxy) is 1. The first kappa shape index (κ1) is 21.3. The zero-order valence-electron chi connectivity index (χ0n) is 16.9. The van der Waals surface area contributed by atoms with Crippen LogP contribution < -0.4 is 4.74 Å². The van der Waals surface area contributed by atoms with Crippen LogP contribution in [-0.2, 0) is 21.2 Å². The fraction of sp³-hybridized carbons (Fsp3) is 0.409. The van der Waals surface area contributed by atoms with Gasteiger partial charge in [-0.3, -0.25) is 4.79 Å². The Kier molecular flexibility index (Phi) is 6.27. The Morgan fingerprint density at radius 3 is 2.45 bits per heavy atom.